The van der Waals surface area contributed by atoms with Gasteiger partial charge in [0.1, 0.15) is 0 Å². The highest BCUT2D eigenvalue weighted by atomic mass is 19.4. The SMILES string of the molecule is CNCC1(Cc2cccc(C(F)(F)F)c2)CCOCC1. The third-order valence-electron chi connectivity index (χ3n) is 3.94. The van der Waals surface area contributed by atoms with Gasteiger partial charge in [0, 0.05) is 19.8 Å². The minimum Gasteiger partial charge on any atom is -0.381 e. The molecule has 0 bridgehead atoms. The summed E-state index contributed by atoms with van der Waals surface area (Å²) in [7, 11) is 1.88. The van der Waals surface area contributed by atoms with Crippen molar-refractivity contribution in [1.82, 2.24) is 5.32 Å². The van der Waals surface area contributed by atoms with E-state index in [0.29, 0.717) is 19.6 Å². The van der Waals surface area contributed by atoms with Gasteiger partial charge in [0.25, 0.3) is 0 Å². The van der Waals surface area contributed by atoms with Crippen molar-refractivity contribution in [1.29, 1.82) is 0 Å². The molecule has 112 valence electrons. The van der Waals surface area contributed by atoms with Gasteiger partial charge < -0.3 is 10.1 Å². The van der Waals surface area contributed by atoms with Crippen molar-refractivity contribution in [3.05, 3.63) is 35.4 Å². The van der Waals surface area contributed by atoms with Gasteiger partial charge in [-0.25, -0.2) is 0 Å². The molecule has 0 saturated carbocycles. The molecule has 0 spiro atoms. The van der Waals surface area contributed by atoms with E-state index in [0.717, 1.165) is 31.0 Å². The Bertz CT molecular complexity index is 433. The van der Waals surface area contributed by atoms with Crippen molar-refractivity contribution in [3.8, 4) is 0 Å². The van der Waals surface area contributed by atoms with Gasteiger partial charge in [-0.15, -0.1) is 0 Å². The maximum absolute atomic E-state index is 12.8. The molecule has 1 saturated heterocycles. The molecule has 1 aromatic rings. The van der Waals surface area contributed by atoms with Crippen molar-refractivity contribution < 1.29 is 17.9 Å². The summed E-state index contributed by atoms with van der Waals surface area (Å²) >= 11 is 0. The second-order valence-corrected chi connectivity index (χ2v) is 5.52. The van der Waals surface area contributed by atoms with E-state index in [1.807, 2.05) is 7.05 Å². The number of rotatable bonds is 4. The first-order valence-corrected chi connectivity index (χ1v) is 6.84. The molecule has 2 rings (SSSR count). The van der Waals surface area contributed by atoms with E-state index in [4.69, 9.17) is 4.74 Å². The normalized spacial score (nSPS) is 19.0. The molecule has 1 fully saturated rings. The molecule has 1 N–H and O–H groups in total. The molecule has 1 aliphatic rings. The fourth-order valence-corrected chi connectivity index (χ4v) is 2.89. The minimum atomic E-state index is -4.28. The molecular weight excluding hydrogens is 267 g/mol. The van der Waals surface area contributed by atoms with Gasteiger partial charge >= 0.3 is 6.18 Å². The van der Waals surface area contributed by atoms with Crippen molar-refractivity contribution in [2.24, 2.45) is 5.41 Å². The monoisotopic (exact) mass is 287 g/mol. The Balaban J connectivity index is 2.18. The summed E-state index contributed by atoms with van der Waals surface area (Å²) in [4.78, 5) is 0. The summed E-state index contributed by atoms with van der Waals surface area (Å²) in [6.07, 6.45) is -1.86. The predicted molar refractivity (Wildman–Crippen MR) is 71.6 cm³/mol. The number of benzene rings is 1. The second kappa shape index (κ2) is 6.14. The maximum atomic E-state index is 12.8. The lowest BCUT2D eigenvalue weighted by Crippen LogP contribution is -2.39. The fourth-order valence-electron chi connectivity index (χ4n) is 2.89. The van der Waals surface area contributed by atoms with Crippen LogP contribution in [0.3, 0.4) is 0 Å². The van der Waals surface area contributed by atoms with Gasteiger partial charge in [-0.3, -0.25) is 0 Å². The van der Waals surface area contributed by atoms with E-state index in [-0.39, 0.29) is 5.41 Å². The first kappa shape index (κ1) is 15.3. The Kier molecular flexibility index (Phi) is 4.70. The van der Waals surface area contributed by atoms with Gasteiger partial charge in [-0.05, 0) is 43.4 Å². The van der Waals surface area contributed by atoms with Crippen molar-refractivity contribution in [2.75, 3.05) is 26.8 Å². The minimum absolute atomic E-state index is 0.00276. The largest absolute Gasteiger partial charge is 0.416 e. The van der Waals surface area contributed by atoms with E-state index in [1.165, 1.54) is 12.1 Å². The number of alkyl halides is 3. The summed E-state index contributed by atoms with van der Waals surface area (Å²) in [5.74, 6) is 0. The van der Waals surface area contributed by atoms with Crippen molar-refractivity contribution in [3.63, 3.8) is 0 Å². The summed E-state index contributed by atoms with van der Waals surface area (Å²) in [5, 5.41) is 3.17. The van der Waals surface area contributed by atoms with Gasteiger partial charge in [0.2, 0.25) is 0 Å². The van der Waals surface area contributed by atoms with Crippen molar-refractivity contribution >= 4 is 0 Å². The predicted octanol–water partition coefficient (Wildman–Crippen LogP) is 3.26. The molecule has 0 aromatic heterocycles. The lowest BCUT2D eigenvalue weighted by Gasteiger charge is -2.37. The van der Waals surface area contributed by atoms with Crippen LogP contribution in [0.25, 0.3) is 0 Å². The van der Waals surface area contributed by atoms with Crippen LogP contribution < -0.4 is 5.32 Å². The third kappa shape index (κ3) is 3.73. The van der Waals surface area contributed by atoms with Crippen LogP contribution in [0.1, 0.15) is 24.0 Å². The van der Waals surface area contributed by atoms with E-state index >= 15 is 0 Å². The summed E-state index contributed by atoms with van der Waals surface area (Å²) in [5.41, 5.74) is 0.177. The van der Waals surface area contributed by atoms with Crippen LogP contribution >= 0.6 is 0 Å². The zero-order chi connectivity index (χ0) is 14.6. The van der Waals surface area contributed by atoms with Gasteiger partial charge in [0.15, 0.2) is 0 Å². The zero-order valence-electron chi connectivity index (χ0n) is 11.6. The average Bonchev–Trinajstić information content (AvgIpc) is 2.39. The van der Waals surface area contributed by atoms with Crippen LogP contribution in [0.15, 0.2) is 24.3 Å². The lowest BCUT2D eigenvalue weighted by molar-refractivity contribution is -0.137. The fraction of sp³-hybridized carbons (Fsp3) is 0.600. The number of hydrogen-bond acceptors (Lipinski definition) is 2. The highest BCUT2D eigenvalue weighted by Crippen LogP contribution is 2.35. The van der Waals surface area contributed by atoms with Crippen LogP contribution in [0.2, 0.25) is 0 Å². The molecular formula is C15H20F3NO. The van der Waals surface area contributed by atoms with Gasteiger partial charge in [0.05, 0.1) is 5.56 Å². The molecule has 5 heteroatoms. The summed E-state index contributed by atoms with van der Waals surface area (Å²) in [6.45, 7) is 2.16. The Labute approximate surface area is 117 Å². The number of nitrogens with one attached hydrogen (secondary N) is 1. The Morgan fingerprint density at radius 1 is 1.25 bits per heavy atom. The first-order valence-electron chi connectivity index (χ1n) is 6.84. The first-order chi connectivity index (χ1) is 9.45. The third-order valence-corrected chi connectivity index (χ3v) is 3.94. The second-order valence-electron chi connectivity index (χ2n) is 5.52. The van der Waals surface area contributed by atoms with Gasteiger partial charge in [-0.1, -0.05) is 18.2 Å². The molecule has 0 atom stereocenters. The van der Waals surface area contributed by atoms with Crippen LogP contribution in [0.5, 0.6) is 0 Å². The number of halogens is 3. The van der Waals surface area contributed by atoms with E-state index in [2.05, 4.69) is 5.32 Å². The number of hydrogen-bond donors (Lipinski definition) is 1. The molecule has 20 heavy (non-hydrogen) atoms. The van der Waals surface area contributed by atoms with Crippen LogP contribution in [0.4, 0.5) is 13.2 Å². The van der Waals surface area contributed by atoms with E-state index < -0.39 is 11.7 Å². The topological polar surface area (TPSA) is 21.3 Å². The standard InChI is InChI=1S/C15H20F3NO/c1-19-11-14(5-7-20-8-6-14)10-12-3-2-4-13(9-12)15(16,17)18/h2-4,9,19H,5-8,10-11H2,1H3. The highest BCUT2D eigenvalue weighted by molar-refractivity contribution is 5.26. The average molecular weight is 287 g/mol. The van der Waals surface area contributed by atoms with Crippen LogP contribution in [-0.4, -0.2) is 26.8 Å². The molecule has 0 aliphatic carbocycles. The molecule has 1 aliphatic heterocycles. The molecule has 1 aromatic carbocycles. The van der Waals surface area contributed by atoms with E-state index in [1.54, 1.807) is 6.07 Å². The molecule has 0 amide bonds. The highest BCUT2D eigenvalue weighted by Gasteiger charge is 2.34. The molecule has 0 radical (unpaired) electrons. The number of ether oxygens (including phenoxy) is 1. The smallest absolute Gasteiger partial charge is 0.381 e. The summed E-state index contributed by atoms with van der Waals surface area (Å²) in [6, 6.07) is 5.66. The Hall–Kier alpha value is -1.07. The molecule has 1 heterocycles. The molecule has 0 unspecified atom stereocenters. The van der Waals surface area contributed by atoms with E-state index in [9.17, 15) is 13.2 Å². The zero-order valence-corrected chi connectivity index (χ0v) is 11.6. The van der Waals surface area contributed by atoms with Crippen molar-refractivity contribution in [2.45, 2.75) is 25.4 Å². The van der Waals surface area contributed by atoms with Crippen LogP contribution in [0, 0.1) is 5.41 Å². The van der Waals surface area contributed by atoms with Gasteiger partial charge in [-0.2, -0.15) is 13.2 Å². The quantitative estimate of drug-likeness (QED) is 0.917. The molecule has 2 nitrogen and oxygen atoms in total. The summed E-state index contributed by atoms with van der Waals surface area (Å²) < 4.78 is 43.7. The maximum Gasteiger partial charge on any atom is 0.416 e. The Morgan fingerprint density at radius 3 is 2.55 bits per heavy atom. The lowest BCUT2D eigenvalue weighted by atomic mass is 9.75. The van der Waals surface area contributed by atoms with Crippen LogP contribution in [-0.2, 0) is 17.3 Å². The Morgan fingerprint density at radius 2 is 1.95 bits per heavy atom.